The first-order chi connectivity index (χ1) is 27.5. The number of non-ortho nitro benzene ring substituents is 1. The highest BCUT2D eigenvalue weighted by Crippen LogP contribution is 2.28. The van der Waals surface area contributed by atoms with Gasteiger partial charge in [-0.1, -0.05) is 58.3 Å². The Balaban J connectivity index is 1.71. The van der Waals surface area contributed by atoms with Crippen LogP contribution in [0, 0.1) is 20.2 Å². The maximum Gasteiger partial charge on any atom is 0.305 e. The molecule has 0 heterocycles. The molecule has 0 spiro atoms. The summed E-state index contributed by atoms with van der Waals surface area (Å²) in [6.07, 6.45) is 11.5. The summed E-state index contributed by atoms with van der Waals surface area (Å²) >= 11 is 0. The van der Waals surface area contributed by atoms with E-state index in [4.69, 9.17) is 47.4 Å². The summed E-state index contributed by atoms with van der Waals surface area (Å²) in [5, 5.41) is 24.8. The van der Waals surface area contributed by atoms with E-state index in [1.807, 2.05) is 0 Å². The Morgan fingerprint density at radius 1 is 0.518 bits per heavy atom. The van der Waals surface area contributed by atoms with Crippen LogP contribution in [0.2, 0.25) is 0 Å². The summed E-state index contributed by atoms with van der Waals surface area (Å²) in [4.78, 5) is 32.4. The third kappa shape index (κ3) is 32.1. The van der Waals surface area contributed by atoms with Crippen molar-refractivity contribution in [1.82, 2.24) is 0 Å². The standard InChI is InChI=1S/C38H67N3O15/c1-2-3-4-5-6-7-8-9-10-11-38(42)56-33-32-55-31-30-54-29-28-53-27-26-52-25-24-51-23-22-50-21-20-49-19-18-48-17-16-47-15-14-39-36-13-12-35(40(43)44)34-37(36)41(45)46/h12-13,34,39H,2-11,14-33H2,1H3. The van der Waals surface area contributed by atoms with Crippen molar-refractivity contribution < 1.29 is 62.0 Å². The van der Waals surface area contributed by atoms with Gasteiger partial charge >= 0.3 is 5.97 Å². The molecule has 0 aliphatic carbocycles. The van der Waals surface area contributed by atoms with Crippen molar-refractivity contribution in [3.63, 3.8) is 0 Å². The van der Waals surface area contributed by atoms with Gasteiger partial charge in [0.25, 0.3) is 11.4 Å². The topological polar surface area (TPSA) is 208 Å². The largest absolute Gasteiger partial charge is 0.463 e. The number of nitro benzene ring substituents is 2. The molecule has 0 saturated heterocycles. The molecular weight excluding hydrogens is 738 g/mol. The average Bonchev–Trinajstić information content (AvgIpc) is 3.19. The number of unbranched alkanes of at least 4 members (excludes halogenated alkanes) is 8. The summed E-state index contributed by atoms with van der Waals surface area (Å²) < 4.78 is 54.3. The van der Waals surface area contributed by atoms with E-state index in [2.05, 4.69) is 12.2 Å². The number of carbonyl (C=O) groups is 1. The molecule has 0 radical (unpaired) electrons. The predicted molar refractivity (Wildman–Crippen MR) is 208 cm³/mol. The molecular formula is C38H67N3O15. The van der Waals surface area contributed by atoms with E-state index >= 15 is 0 Å². The van der Waals surface area contributed by atoms with Crippen molar-refractivity contribution in [2.75, 3.05) is 137 Å². The van der Waals surface area contributed by atoms with Crippen LogP contribution in [0.25, 0.3) is 0 Å². The van der Waals surface area contributed by atoms with Crippen molar-refractivity contribution in [2.45, 2.75) is 71.1 Å². The molecule has 0 aliphatic heterocycles. The minimum atomic E-state index is -0.681. The highest BCUT2D eigenvalue weighted by molar-refractivity contribution is 5.69. The number of benzene rings is 1. The molecule has 0 aromatic heterocycles. The molecule has 1 rings (SSSR count). The van der Waals surface area contributed by atoms with Crippen molar-refractivity contribution >= 4 is 23.0 Å². The maximum absolute atomic E-state index is 11.8. The van der Waals surface area contributed by atoms with Crippen LogP contribution in [0.1, 0.15) is 71.1 Å². The van der Waals surface area contributed by atoms with E-state index in [0.29, 0.717) is 119 Å². The van der Waals surface area contributed by atoms with Crippen LogP contribution < -0.4 is 5.32 Å². The smallest absolute Gasteiger partial charge is 0.305 e. The summed E-state index contributed by atoms with van der Waals surface area (Å²) in [7, 11) is 0. The number of nitrogens with one attached hydrogen (secondary N) is 1. The van der Waals surface area contributed by atoms with Gasteiger partial charge in [-0.3, -0.25) is 25.0 Å². The molecule has 0 fully saturated rings. The molecule has 18 heteroatoms. The molecule has 1 aromatic rings. The Kier molecular flexibility index (Phi) is 35.3. The minimum Gasteiger partial charge on any atom is -0.463 e. The first-order valence-electron chi connectivity index (χ1n) is 20.0. The molecule has 0 unspecified atom stereocenters. The lowest BCUT2D eigenvalue weighted by molar-refractivity contribution is -0.393. The number of carbonyl (C=O) groups excluding carboxylic acids is 1. The van der Waals surface area contributed by atoms with Crippen LogP contribution in [0.15, 0.2) is 18.2 Å². The third-order valence-corrected chi connectivity index (χ3v) is 7.90. The van der Waals surface area contributed by atoms with Gasteiger partial charge in [0, 0.05) is 19.0 Å². The van der Waals surface area contributed by atoms with E-state index in [9.17, 15) is 25.0 Å². The molecule has 56 heavy (non-hydrogen) atoms. The quantitative estimate of drug-likeness (QED) is 0.0373. The number of anilines is 1. The Morgan fingerprint density at radius 3 is 1.29 bits per heavy atom. The van der Waals surface area contributed by atoms with E-state index in [1.54, 1.807) is 0 Å². The molecule has 1 aromatic carbocycles. The summed E-state index contributed by atoms with van der Waals surface area (Å²) in [6.45, 7) is 10.4. The van der Waals surface area contributed by atoms with E-state index in [0.717, 1.165) is 18.9 Å². The molecule has 0 bridgehead atoms. The molecule has 0 aliphatic rings. The fourth-order valence-electron chi connectivity index (χ4n) is 4.92. The molecule has 0 amide bonds. The summed E-state index contributed by atoms with van der Waals surface area (Å²) in [5.74, 6) is -0.151. The summed E-state index contributed by atoms with van der Waals surface area (Å²) in [5.41, 5.74) is -0.531. The number of esters is 1. The third-order valence-electron chi connectivity index (χ3n) is 7.90. The second-order valence-corrected chi connectivity index (χ2v) is 12.5. The number of nitro groups is 2. The van der Waals surface area contributed by atoms with E-state index in [1.165, 1.54) is 57.1 Å². The maximum atomic E-state index is 11.8. The SMILES string of the molecule is CCCCCCCCCCCC(=O)OCCOCCOCCOCCOCCOCCOCCOCCOCCOCCNc1ccc([N+](=O)[O-])cc1[N+](=O)[O-]. The van der Waals surface area contributed by atoms with Gasteiger partial charge in [-0.2, -0.15) is 0 Å². The normalized spacial score (nSPS) is 11.2. The number of rotatable bonds is 43. The van der Waals surface area contributed by atoms with Gasteiger partial charge in [-0.25, -0.2) is 0 Å². The van der Waals surface area contributed by atoms with Crippen molar-refractivity contribution in [3.05, 3.63) is 38.4 Å². The van der Waals surface area contributed by atoms with Crippen LogP contribution in [0.3, 0.4) is 0 Å². The van der Waals surface area contributed by atoms with Gasteiger partial charge in [0.05, 0.1) is 135 Å². The number of hydrogen-bond acceptors (Lipinski definition) is 16. The molecule has 324 valence electrons. The Bertz CT molecular complexity index is 1100. The Morgan fingerprint density at radius 2 is 0.893 bits per heavy atom. The number of ether oxygens (including phenoxy) is 10. The zero-order valence-corrected chi connectivity index (χ0v) is 33.5. The zero-order chi connectivity index (χ0) is 40.6. The molecule has 1 N–H and O–H groups in total. The van der Waals surface area contributed by atoms with Crippen molar-refractivity contribution in [3.8, 4) is 0 Å². The molecule has 0 saturated carbocycles. The first-order valence-corrected chi connectivity index (χ1v) is 20.0. The lowest BCUT2D eigenvalue weighted by Crippen LogP contribution is -2.16. The van der Waals surface area contributed by atoms with E-state index < -0.39 is 9.85 Å². The van der Waals surface area contributed by atoms with Gasteiger partial charge in [-0.15, -0.1) is 0 Å². The fraction of sp³-hybridized carbons (Fsp3) is 0.816. The Labute approximate surface area is 331 Å². The fourth-order valence-corrected chi connectivity index (χ4v) is 4.92. The highest BCUT2D eigenvalue weighted by atomic mass is 16.6. The zero-order valence-electron chi connectivity index (χ0n) is 33.5. The predicted octanol–water partition coefficient (Wildman–Crippen LogP) is 5.53. The van der Waals surface area contributed by atoms with Gasteiger partial charge in [0.1, 0.15) is 12.3 Å². The summed E-state index contributed by atoms with van der Waals surface area (Å²) in [6, 6.07) is 3.43. The minimum absolute atomic E-state index is 0.151. The van der Waals surface area contributed by atoms with Gasteiger partial charge < -0.3 is 52.7 Å². The monoisotopic (exact) mass is 805 g/mol. The second-order valence-electron chi connectivity index (χ2n) is 12.5. The lowest BCUT2D eigenvalue weighted by Gasteiger charge is -2.09. The molecule has 0 atom stereocenters. The highest BCUT2D eigenvalue weighted by Gasteiger charge is 2.19. The van der Waals surface area contributed by atoms with Gasteiger partial charge in [-0.05, 0) is 12.5 Å². The van der Waals surface area contributed by atoms with E-state index in [-0.39, 0.29) is 42.8 Å². The average molecular weight is 806 g/mol. The Hall–Kier alpha value is -3.07. The number of hydrogen-bond donors (Lipinski definition) is 1. The van der Waals surface area contributed by atoms with Crippen LogP contribution in [-0.2, 0) is 52.2 Å². The van der Waals surface area contributed by atoms with Crippen molar-refractivity contribution in [1.29, 1.82) is 0 Å². The second kappa shape index (κ2) is 38.8. The number of nitrogens with zero attached hydrogens (tertiary/aromatic N) is 2. The van der Waals surface area contributed by atoms with Crippen LogP contribution >= 0.6 is 0 Å². The van der Waals surface area contributed by atoms with Gasteiger partial charge in [0.15, 0.2) is 0 Å². The van der Waals surface area contributed by atoms with Crippen molar-refractivity contribution in [2.24, 2.45) is 0 Å². The molecule has 18 nitrogen and oxygen atoms in total. The van der Waals surface area contributed by atoms with Crippen LogP contribution in [-0.4, -0.2) is 148 Å². The lowest BCUT2D eigenvalue weighted by atomic mass is 10.1. The van der Waals surface area contributed by atoms with Crippen LogP contribution in [0.5, 0.6) is 0 Å². The van der Waals surface area contributed by atoms with Gasteiger partial charge in [0.2, 0.25) is 0 Å². The van der Waals surface area contributed by atoms with Crippen LogP contribution in [0.4, 0.5) is 17.1 Å². The first kappa shape index (κ1) is 50.9.